The minimum absolute atomic E-state index is 0.625. The standard InChI is InChI=1S/C5H12B2/c1-6(2)5-7(3)4/h1-4H3. The Balaban J connectivity index is 2.95. The van der Waals surface area contributed by atoms with Crippen LogP contribution in [0.2, 0.25) is 27.3 Å². The maximum atomic E-state index is 3.31. The van der Waals surface area contributed by atoms with Crippen LogP contribution in [0.4, 0.5) is 0 Å². The second-order valence-electron chi connectivity index (χ2n) is 2.48. The summed E-state index contributed by atoms with van der Waals surface area (Å²) in [4.78, 5) is 0. The van der Waals surface area contributed by atoms with Crippen LogP contribution in [0.25, 0.3) is 0 Å². The quantitative estimate of drug-likeness (QED) is 0.456. The predicted octanol–water partition coefficient (Wildman–Crippen LogP) is 1.65. The van der Waals surface area contributed by atoms with Crippen molar-refractivity contribution in [2.24, 2.45) is 0 Å². The van der Waals surface area contributed by atoms with Crippen LogP contribution in [0.3, 0.4) is 0 Å². The van der Waals surface area contributed by atoms with Gasteiger partial charge in [0.25, 0.3) is 0 Å². The fourth-order valence-corrected chi connectivity index (χ4v) is 0.667. The Hall–Kier alpha value is 0.130. The Kier molecular flexibility index (Phi) is 3.23. The van der Waals surface area contributed by atoms with Crippen LogP contribution >= 0.6 is 0 Å². The third-order valence-electron chi connectivity index (χ3n) is 0.667. The van der Waals surface area contributed by atoms with Crippen molar-refractivity contribution in [3.05, 3.63) is 6.22 Å². The molecule has 0 rings (SSSR count). The minimum atomic E-state index is 0.625. The third kappa shape index (κ3) is 6.13. The van der Waals surface area contributed by atoms with E-state index >= 15 is 0 Å². The van der Waals surface area contributed by atoms with Crippen molar-refractivity contribution in [3.8, 4) is 0 Å². The first kappa shape index (κ1) is 7.13. The van der Waals surface area contributed by atoms with Crippen molar-refractivity contribution >= 4 is 13.4 Å². The summed E-state index contributed by atoms with van der Waals surface area (Å²) in [6, 6.07) is 0. The fraction of sp³-hybridized carbons (Fsp3) is 0.800. The number of rotatable bonds is 2. The molecule has 0 unspecified atom stereocenters. The van der Waals surface area contributed by atoms with Crippen LogP contribution in [-0.4, -0.2) is 13.4 Å². The molecule has 0 amide bonds. The molecule has 0 aliphatic heterocycles. The Bertz CT molecular complexity index is 35.3. The molecule has 0 fully saturated rings. The summed E-state index contributed by atoms with van der Waals surface area (Å²) in [7, 11) is 0. The second-order valence-corrected chi connectivity index (χ2v) is 2.48. The molecule has 0 aromatic carbocycles. The molecule has 0 aromatic rings. The van der Waals surface area contributed by atoms with Gasteiger partial charge in [-0.25, -0.2) is 0 Å². The van der Waals surface area contributed by atoms with Gasteiger partial charge in [0.2, 0.25) is 0 Å². The van der Waals surface area contributed by atoms with E-state index in [4.69, 9.17) is 0 Å². The lowest BCUT2D eigenvalue weighted by Crippen LogP contribution is -2.13. The van der Waals surface area contributed by atoms with Gasteiger partial charge in [0, 0.05) is 0 Å². The first-order valence-electron chi connectivity index (χ1n) is 2.89. The normalized spacial score (nSPS) is 8.57. The Morgan fingerprint density at radius 1 is 0.857 bits per heavy atom. The van der Waals surface area contributed by atoms with Gasteiger partial charge in [-0.1, -0.05) is 33.5 Å². The van der Waals surface area contributed by atoms with Crippen LogP contribution in [0.15, 0.2) is 0 Å². The molecule has 0 aliphatic rings. The molecule has 7 heavy (non-hydrogen) atoms. The number of hydrogen-bond donors (Lipinski definition) is 0. The fourth-order valence-electron chi connectivity index (χ4n) is 0.667. The van der Waals surface area contributed by atoms with Gasteiger partial charge in [-0.05, 0) is 0 Å². The highest BCUT2D eigenvalue weighted by Gasteiger charge is 2.03. The Morgan fingerprint density at radius 3 is 1.14 bits per heavy atom. The molecule has 0 atom stereocenters. The van der Waals surface area contributed by atoms with E-state index < -0.39 is 0 Å². The second kappa shape index (κ2) is 3.17. The lowest BCUT2D eigenvalue weighted by Gasteiger charge is -1.98. The van der Waals surface area contributed by atoms with Gasteiger partial charge in [0.15, 0.2) is 0 Å². The highest BCUT2D eigenvalue weighted by atomic mass is 13.5. The zero-order chi connectivity index (χ0) is 5.86. The Labute approximate surface area is 47.8 Å². The van der Waals surface area contributed by atoms with E-state index in [-0.39, 0.29) is 0 Å². The molecule has 38 valence electrons. The van der Waals surface area contributed by atoms with E-state index in [1.54, 1.807) is 0 Å². The van der Waals surface area contributed by atoms with E-state index in [1.165, 1.54) is 0 Å². The molecule has 0 nitrogen and oxygen atoms in total. The SMILES string of the molecule is CB(C)[C]B(C)C. The van der Waals surface area contributed by atoms with Crippen molar-refractivity contribution in [1.82, 2.24) is 0 Å². The van der Waals surface area contributed by atoms with Gasteiger partial charge in [-0.2, -0.15) is 0 Å². The first-order valence-corrected chi connectivity index (χ1v) is 2.89. The monoisotopic (exact) mass is 94.1 g/mol. The summed E-state index contributed by atoms with van der Waals surface area (Å²) in [6.07, 6.45) is 3.31. The summed E-state index contributed by atoms with van der Waals surface area (Å²) in [5, 5.41) is 0. The van der Waals surface area contributed by atoms with Crippen molar-refractivity contribution in [3.63, 3.8) is 0 Å². The van der Waals surface area contributed by atoms with Crippen molar-refractivity contribution in [2.45, 2.75) is 27.3 Å². The lowest BCUT2D eigenvalue weighted by atomic mass is 9.32. The van der Waals surface area contributed by atoms with Gasteiger partial charge in [-0.3, -0.25) is 0 Å². The molecule has 0 spiro atoms. The molecule has 0 aromatic heterocycles. The van der Waals surface area contributed by atoms with Crippen molar-refractivity contribution < 1.29 is 0 Å². The van der Waals surface area contributed by atoms with E-state index in [0.717, 1.165) is 0 Å². The van der Waals surface area contributed by atoms with Gasteiger partial charge in [0.1, 0.15) is 13.4 Å². The highest BCUT2D eigenvalue weighted by Crippen LogP contribution is 1.91. The van der Waals surface area contributed by atoms with Gasteiger partial charge < -0.3 is 0 Å². The molecule has 0 saturated carbocycles. The molecule has 0 saturated heterocycles. The molecule has 0 N–H and O–H groups in total. The van der Waals surface area contributed by atoms with E-state index in [9.17, 15) is 0 Å². The third-order valence-corrected chi connectivity index (χ3v) is 0.667. The topological polar surface area (TPSA) is 0 Å². The summed E-state index contributed by atoms with van der Waals surface area (Å²) in [5.41, 5.74) is 0. The molecule has 2 heteroatoms. The van der Waals surface area contributed by atoms with Crippen LogP contribution in [0, 0.1) is 6.22 Å². The van der Waals surface area contributed by atoms with Crippen LogP contribution in [0.1, 0.15) is 0 Å². The van der Waals surface area contributed by atoms with Crippen molar-refractivity contribution in [1.29, 1.82) is 0 Å². The molecule has 0 heterocycles. The maximum absolute atomic E-state index is 3.31. The van der Waals surface area contributed by atoms with Crippen molar-refractivity contribution in [2.75, 3.05) is 0 Å². The summed E-state index contributed by atoms with van der Waals surface area (Å²) >= 11 is 0. The smallest absolute Gasteiger partial charge is 0.0878 e. The predicted molar refractivity (Wildman–Crippen MR) is 38.2 cm³/mol. The van der Waals surface area contributed by atoms with Gasteiger partial charge in [0.05, 0.1) is 0 Å². The number of hydrogen-bond acceptors (Lipinski definition) is 0. The minimum Gasteiger partial charge on any atom is -0.0878 e. The van der Waals surface area contributed by atoms with E-state index in [1.807, 2.05) is 0 Å². The molecular formula is C5H12B2. The molecular weight excluding hydrogens is 81.7 g/mol. The molecule has 2 radical (unpaired) electrons. The summed E-state index contributed by atoms with van der Waals surface area (Å²) in [5.74, 6) is 0. The van der Waals surface area contributed by atoms with Gasteiger partial charge in [-0.15, -0.1) is 0 Å². The Morgan fingerprint density at radius 2 is 1.14 bits per heavy atom. The zero-order valence-corrected chi connectivity index (χ0v) is 5.65. The molecule has 0 bridgehead atoms. The van der Waals surface area contributed by atoms with Crippen LogP contribution in [0.5, 0.6) is 0 Å². The van der Waals surface area contributed by atoms with E-state index in [0.29, 0.717) is 13.4 Å². The lowest BCUT2D eigenvalue weighted by molar-refractivity contribution is 1.87. The van der Waals surface area contributed by atoms with Crippen LogP contribution in [-0.2, 0) is 0 Å². The summed E-state index contributed by atoms with van der Waals surface area (Å²) in [6.45, 7) is 9.86. The van der Waals surface area contributed by atoms with Gasteiger partial charge >= 0.3 is 0 Å². The average molecular weight is 93.8 g/mol. The van der Waals surface area contributed by atoms with Crippen LogP contribution < -0.4 is 0 Å². The average Bonchev–Trinajstić information content (AvgIpc) is 1.27. The highest BCUT2D eigenvalue weighted by molar-refractivity contribution is 6.80. The molecule has 0 aliphatic carbocycles. The van der Waals surface area contributed by atoms with E-state index in [2.05, 4.69) is 33.5 Å². The first-order chi connectivity index (χ1) is 3.13. The zero-order valence-electron chi connectivity index (χ0n) is 5.65. The summed E-state index contributed by atoms with van der Waals surface area (Å²) < 4.78 is 0. The largest absolute Gasteiger partial charge is 0.130 e. The maximum Gasteiger partial charge on any atom is 0.130 e.